The van der Waals surface area contributed by atoms with E-state index in [4.69, 9.17) is 13.0 Å². The lowest BCUT2D eigenvalue weighted by atomic mass is 10.2. The third-order valence-electron chi connectivity index (χ3n) is 3.85. The summed E-state index contributed by atoms with van der Waals surface area (Å²) in [6.07, 6.45) is 2.94. The first-order chi connectivity index (χ1) is 13.0. The van der Waals surface area contributed by atoms with Crippen LogP contribution in [-0.4, -0.2) is 25.0 Å². The SMILES string of the molecule is CCS(=O)(=O)Oc1ccccc1CN(Cc1ccco1)C(=O)c1ccco1. The van der Waals surface area contributed by atoms with Crippen LogP contribution in [-0.2, 0) is 23.2 Å². The van der Waals surface area contributed by atoms with Crippen LogP contribution < -0.4 is 4.18 Å². The molecule has 1 amide bonds. The monoisotopic (exact) mass is 389 g/mol. The number of hydrogen-bond donors (Lipinski definition) is 0. The van der Waals surface area contributed by atoms with Crippen molar-refractivity contribution in [3.8, 4) is 5.75 Å². The molecule has 142 valence electrons. The molecule has 0 bridgehead atoms. The van der Waals surface area contributed by atoms with E-state index in [2.05, 4.69) is 0 Å². The van der Waals surface area contributed by atoms with Gasteiger partial charge in [0.15, 0.2) is 5.76 Å². The molecule has 27 heavy (non-hydrogen) atoms. The lowest BCUT2D eigenvalue weighted by molar-refractivity contribution is 0.0684. The van der Waals surface area contributed by atoms with Gasteiger partial charge in [-0.3, -0.25) is 4.79 Å². The van der Waals surface area contributed by atoms with Gasteiger partial charge in [0.1, 0.15) is 11.5 Å². The Bertz CT molecular complexity index is 977. The molecule has 0 unspecified atom stereocenters. The highest BCUT2D eigenvalue weighted by Crippen LogP contribution is 2.24. The summed E-state index contributed by atoms with van der Waals surface area (Å²) in [5, 5.41) is 0. The smallest absolute Gasteiger partial charge is 0.308 e. The first-order valence-electron chi connectivity index (χ1n) is 8.33. The van der Waals surface area contributed by atoms with Gasteiger partial charge in [-0.25, -0.2) is 0 Å². The number of hydrogen-bond acceptors (Lipinski definition) is 6. The van der Waals surface area contributed by atoms with Crippen molar-refractivity contribution in [3.05, 3.63) is 78.1 Å². The van der Waals surface area contributed by atoms with Crippen LogP contribution in [0.4, 0.5) is 0 Å². The van der Waals surface area contributed by atoms with E-state index in [9.17, 15) is 13.2 Å². The van der Waals surface area contributed by atoms with E-state index in [1.165, 1.54) is 24.3 Å². The zero-order valence-corrected chi connectivity index (χ0v) is 15.5. The molecule has 0 spiro atoms. The molecule has 2 heterocycles. The molecule has 0 atom stereocenters. The molecule has 0 saturated carbocycles. The average Bonchev–Trinajstić information content (AvgIpc) is 3.36. The topological polar surface area (TPSA) is 90.0 Å². The van der Waals surface area contributed by atoms with Crippen molar-refractivity contribution in [1.29, 1.82) is 0 Å². The average molecular weight is 389 g/mol. The molecule has 7 nitrogen and oxygen atoms in total. The Labute approximate surface area is 157 Å². The molecular weight excluding hydrogens is 370 g/mol. The number of carbonyl (C=O) groups excluding carboxylic acids is 1. The number of furan rings is 2. The first-order valence-corrected chi connectivity index (χ1v) is 9.91. The first kappa shape index (κ1) is 18.8. The molecule has 8 heteroatoms. The maximum Gasteiger partial charge on any atom is 0.308 e. The van der Waals surface area contributed by atoms with Crippen molar-refractivity contribution in [2.24, 2.45) is 0 Å². The molecule has 0 fully saturated rings. The third-order valence-corrected chi connectivity index (χ3v) is 4.99. The van der Waals surface area contributed by atoms with E-state index in [1.807, 2.05) is 0 Å². The third kappa shape index (κ3) is 4.79. The van der Waals surface area contributed by atoms with Crippen molar-refractivity contribution in [2.45, 2.75) is 20.0 Å². The second-order valence-electron chi connectivity index (χ2n) is 5.76. The molecule has 0 N–H and O–H groups in total. The number of rotatable bonds is 8. The van der Waals surface area contributed by atoms with E-state index in [-0.39, 0.29) is 36.3 Å². The Hall–Kier alpha value is -3.00. The standard InChI is InChI=1S/C19H19NO6S/c1-2-27(22,23)26-17-9-4-3-7-15(17)13-20(14-16-8-5-11-24-16)19(21)18-10-6-12-25-18/h3-12H,2,13-14H2,1H3. The lowest BCUT2D eigenvalue weighted by Crippen LogP contribution is -2.30. The van der Waals surface area contributed by atoms with Gasteiger partial charge in [0.25, 0.3) is 5.91 Å². The predicted molar refractivity (Wildman–Crippen MR) is 97.5 cm³/mol. The molecule has 0 aliphatic rings. The Morgan fingerprint density at radius 1 is 1.00 bits per heavy atom. The van der Waals surface area contributed by atoms with Crippen LogP contribution in [0, 0.1) is 0 Å². The lowest BCUT2D eigenvalue weighted by Gasteiger charge is -2.22. The van der Waals surface area contributed by atoms with Crippen LogP contribution in [0.2, 0.25) is 0 Å². The van der Waals surface area contributed by atoms with Gasteiger partial charge in [0.2, 0.25) is 0 Å². The highest BCUT2D eigenvalue weighted by molar-refractivity contribution is 7.87. The van der Waals surface area contributed by atoms with Crippen LogP contribution in [0.15, 0.2) is 69.9 Å². The summed E-state index contributed by atoms with van der Waals surface area (Å²) in [7, 11) is -3.68. The van der Waals surface area contributed by atoms with E-state index in [1.54, 1.807) is 48.5 Å². The fourth-order valence-electron chi connectivity index (χ4n) is 2.46. The summed E-state index contributed by atoms with van der Waals surface area (Å²) in [5.74, 6) is 0.471. The molecule has 3 aromatic rings. The van der Waals surface area contributed by atoms with Gasteiger partial charge in [0, 0.05) is 5.56 Å². The number of carbonyl (C=O) groups is 1. The Morgan fingerprint density at radius 2 is 1.74 bits per heavy atom. The van der Waals surface area contributed by atoms with Crippen molar-refractivity contribution in [1.82, 2.24) is 4.90 Å². The number of benzene rings is 1. The second kappa shape index (κ2) is 8.13. The molecule has 0 radical (unpaired) electrons. The number of amides is 1. The molecule has 3 rings (SSSR count). The Balaban J connectivity index is 1.89. The highest BCUT2D eigenvalue weighted by Gasteiger charge is 2.22. The van der Waals surface area contributed by atoms with E-state index in [0.29, 0.717) is 11.3 Å². The summed E-state index contributed by atoms with van der Waals surface area (Å²) in [6, 6.07) is 13.4. The summed E-state index contributed by atoms with van der Waals surface area (Å²) in [4.78, 5) is 14.3. The zero-order valence-electron chi connectivity index (χ0n) is 14.7. The maximum absolute atomic E-state index is 12.8. The molecule has 2 aromatic heterocycles. The molecule has 0 saturated heterocycles. The maximum atomic E-state index is 12.8. The van der Waals surface area contributed by atoms with Crippen molar-refractivity contribution < 1.29 is 26.2 Å². The van der Waals surface area contributed by atoms with Crippen molar-refractivity contribution >= 4 is 16.0 Å². The predicted octanol–water partition coefficient (Wildman–Crippen LogP) is 3.44. The number of para-hydroxylation sites is 1. The van der Waals surface area contributed by atoms with Gasteiger partial charge in [-0.1, -0.05) is 18.2 Å². The van der Waals surface area contributed by atoms with Crippen LogP contribution in [0.25, 0.3) is 0 Å². The van der Waals surface area contributed by atoms with Crippen LogP contribution in [0.3, 0.4) is 0 Å². The second-order valence-corrected chi connectivity index (χ2v) is 7.61. The van der Waals surface area contributed by atoms with Crippen LogP contribution in [0.5, 0.6) is 5.75 Å². The minimum Gasteiger partial charge on any atom is -0.467 e. The van der Waals surface area contributed by atoms with Gasteiger partial charge >= 0.3 is 10.1 Å². The molecule has 0 aliphatic carbocycles. The molecular formula is C19H19NO6S. The van der Waals surface area contributed by atoms with E-state index >= 15 is 0 Å². The van der Waals surface area contributed by atoms with E-state index < -0.39 is 10.1 Å². The summed E-state index contributed by atoms with van der Waals surface area (Å²) in [6.45, 7) is 1.82. The molecule has 1 aromatic carbocycles. The summed E-state index contributed by atoms with van der Waals surface area (Å²) < 4.78 is 39.4. The van der Waals surface area contributed by atoms with Crippen LogP contribution in [0.1, 0.15) is 28.8 Å². The van der Waals surface area contributed by atoms with Gasteiger partial charge in [-0.15, -0.1) is 0 Å². The quantitative estimate of drug-likeness (QED) is 0.548. The fraction of sp³-hybridized carbons (Fsp3) is 0.211. The van der Waals surface area contributed by atoms with Gasteiger partial charge in [-0.05, 0) is 37.3 Å². The van der Waals surface area contributed by atoms with Crippen LogP contribution >= 0.6 is 0 Å². The molecule has 0 aliphatic heterocycles. The zero-order chi connectivity index (χ0) is 19.3. The summed E-state index contributed by atoms with van der Waals surface area (Å²) in [5.41, 5.74) is 0.556. The van der Waals surface area contributed by atoms with Gasteiger partial charge < -0.3 is 17.9 Å². The minimum atomic E-state index is -3.68. The van der Waals surface area contributed by atoms with Gasteiger partial charge in [0.05, 0.1) is 31.4 Å². The highest BCUT2D eigenvalue weighted by atomic mass is 32.2. The Morgan fingerprint density at radius 3 is 2.41 bits per heavy atom. The van der Waals surface area contributed by atoms with E-state index in [0.717, 1.165) is 0 Å². The number of nitrogens with zero attached hydrogens (tertiary/aromatic N) is 1. The summed E-state index contributed by atoms with van der Waals surface area (Å²) >= 11 is 0. The van der Waals surface area contributed by atoms with Gasteiger partial charge in [-0.2, -0.15) is 8.42 Å². The minimum absolute atomic E-state index is 0.121. The normalized spacial score (nSPS) is 11.3. The van der Waals surface area contributed by atoms with Crippen molar-refractivity contribution in [2.75, 3.05) is 5.75 Å². The fourth-order valence-corrected chi connectivity index (χ4v) is 3.02. The van der Waals surface area contributed by atoms with Crippen molar-refractivity contribution in [3.63, 3.8) is 0 Å². The Kier molecular flexibility index (Phi) is 5.66. The largest absolute Gasteiger partial charge is 0.467 e.